The highest BCUT2D eigenvalue weighted by molar-refractivity contribution is 5.92. The number of nitrogens with zero attached hydrogens (tertiary/aromatic N) is 1. The third-order valence-electron chi connectivity index (χ3n) is 2.96. The summed E-state index contributed by atoms with van der Waals surface area (Å²) in [4.78, 5) is 13.5. The van der Waals surface area contributed by atoms with Crippen molar-refractivity contribution in [3.05, 3.63) is 54.1 Å². The van der Waals surface area contributed by atoms with Crippen molar-refractivity contribution in [2.24, 2.45) is 0 Å². The van der Waals surface area contributed by atoms with Crippen molar-refractivity contribution in [2.45, 2.75) is 0 Å². The predicted octanol–water partition coefficient (Wildman–Crippen LogP) is 2.82. The Balaban J connectivity index is 2.41. The fourth-order valence-electron chi connectivity index (χ4n) is 1.87. The fourth-order valence-corrected chi connectivity index (χ4v) is 1.87. The molecule has 0 spiro atoms. The van der Waals surface area contributed by atoms with Gasteiger partial charge in [-0.1, -0.05) is 18.2 Å². The van der Waals surface area contributed by atoms with E-state index < -0.39 is 0 Å². The maximum Gasteiger partial charge on any atom is 0.337 e. The van der Waals surface area contributed by atoms with E-state index in [9.17, 15) is 4.79 Å². The van der Waals surface area contributed by atoms with E-state index in [1.54, 1.807) is 18.2 Å². The van der Waals surface area contributed by atoms with Gasteiger partial charge in [0.05, 0.1) is 24.0 Å². The third kappa shape index (κ3) is 2.68. The van der Waals surface area contributed by atoms with Gasteiger partial charge in [0.1, 0.15) is 0 Å². The van der Waals surface area contributed by atoms with Gasteiger partial charge in [0.25, 0.3) is 0 Å². The van der Waals surface area contributed by atoms with Crippen LogP contribution < -0.4 is 10.6 Å². The van der Waals surface area contributed by atoms with Gasteiger partial charge in [0, 0.05) is 12.7 Å². The van der Waals surface area contributed by atoms with Gasteiger partial charge in [0.15, 0.2) is 0 Å². The van der Waals surface area contributed by atoms with Crippen LogP contribution in [0.3, 0.4) is 0 Å². The molecule has 0 radical (unpaired) electrons. The number of hydrogen-bond donors (Lipinski definition) is 1. The minimum absolute atomic E-state index is 0.372. The molecule has 0 saturated heterocycles. The maximum atomic E-state index is 11.6. The average molecular weight is 256 g/mol. The van der Waals surface area contributed by atoms with E-state index in [0.717, 1.165) is 11.4 Å². The Labute approximate surface area is 112 Å². The number of esters is 1. The number of nitrogens with two attached hydrogens (primary N) is 1. The zero-order chi connectivity index (χ0) is 13.8. The number of carbonyl (C=O) groups is 1. The molecule has 0 fully saturated rings. The lowest BCUT2D eigenvalue weighted by Crippen LogP contribution is -2.13. The second-order valence-electron chi connectivity index (χ2n) is 4.16. The first kappa shape index (κ1) is 13.0. The molecular formula is C15H16N2O2. The summed E-state index contributed by atoms with van der Waals surface area (Å²) in [6.45, 7) is 0. The van der Waals surface area contributed by atoms with Crippen LogP contribution in [0.4, 0.5) is 17.1 Å². The molecule has 2 rings (SSSR count). The van der Waals surface area contributed by atoms with E-state index in [4.69, 9.17) is 10.5 Å². The number of carbonyl (C=O) groups excluding carboxylic acids is 1. The highest BCUT2D eigenvalue weighted by atomic mass is 16.5. The number of methoxy groups -OCH3 is 1. The van der Waals surface area contributed by atoms with Crippen molar-refractivity contribution in [2.75, 3.05) is 24.8 Å². The SMILES string of the molecule is COC(=O)c1ccc(N)c(N(C)c2ccccc2)c1. The van der Waals surface area contributed by atoms with Gasteiger partial charge in [-0.25, -0.2) is 4.79 Å². The fraction of sp³-hybridized carbons (Fsp3) is 0.133. The van der Waals surface area contributed by atoms with E-state index in [1.165, 1.54) is 7.11 Å². The Kier molecular flexibility index (Phi) is 3.71. The minimum Gasteiger partial charge on any atom is -0.465 e. The number of anilines is 3. The summed E-state index contributed by atoms with van der Waals surface area (Å²) in [6, 6.07) is 14.9. The quantitative estimate of drug-likeness (QED) is 0.677. The smallest absolute Gasteiger partial charge is 0.337 e. The molecule has 0 unspecified atom stereocenters. The molecule has 4 heteroatoms. The number of ether oxygens (including phenoxy) is 1. The number of benzene rings is 2. The monoisotopic (exact) mass is 256 g/mol. The zero-order valence-electron chi connectivity index (χ0n) is 11.0. The predicted molar refractivity (Wildman–Crippen MR) is 76.7 cm³/mol. The summed E-state index contributed by atoms with van der Waals surface area (Å²) < 4.78 is 4.72. The molecule has 4 nitrogen and oxygen atoms in total. The number of para-hydroxylation sites is 1. The van der Waals surface area contributed by atoms with Crippen molar-refractivity contribution in [3.8, 4) is 0 Å². The van der Waals surface area contributed by atoms with E-state index in [0.29, 0.717) is 11.3 Å². The van der Waals surface area contributed by atoms with Crippen LogP contribution in [0.5, 0.6) is 0 Å². The van der Waals surface area contributed by atoms with Crippen LogP contribution >= 0.6 is 0 Å². The highest BCUT2D eigenvalue weighted by Gasteiger charge is 2.12. The second kappa shape index (κ2) is 5.44. The van der Waals surface area contributed by atoms with Crippen molar-refractivity contribution >= 4 is 23.0 Å². The van der Waals surface area contributed by atoms with Gasteiger partial charge in [-0.2, -0.15) is 0 Å². The summed E-state index contributed by atoms with van der Waals surface area (Å²) in [6.07, 6.45) is 0. The number of rotatable bonds is 3. The van der Waals surface area contributed by atoms with Gasteiger partial charge < -0.3 is 15.4 Å². The molecule has 0 aliphatic rings. The van der Waals surface area contributed by atoms with Gasteiger partial charge in [0.2, 0.25) is 0 Å². The molecule has 0 saturated carbocycles. The standard InChI is InChI=1S/C15H16N2O2/c1-17(12-6-4-3-5-7-12)14-10-11(15(18)19-2)8-9-13(14)16/h3-10H,16H2,1-2H3. The lowest BCUT2D eigenvalue weighted by atomic mass is 10.1. The van der Waals surface area contributed by atoms with Crippen LogP contribution in [0, 0.1) is 0 Å². The molecule has 0 atom stereocenters. The summed E-state index contributed by atoms with van der Waals surface area (Å²) >= 11 is 0. The second-order valence-corrected chi connectivity index (χ2v) is 4.16. The number of nitrogen functional groups attached to an aromatic ring is 1. The summed E-state index contributed by atoms with van der Waals surface area (Å²) in [5, 5.41) is 0. The Morgan fingerprint density at radius 1 is 1.16 bits per heavy atom. The Bertz CT molecular complexity index is 582. The molecule has 2 aromatic rings. The zero-order valence-corrected chi connectivity index (χ0v) is 11.0. The molecule has 2 N–H and O–H groups in total. The van der Waals surface area contributed by atoms with Crippen LogP contribution in [0.1, 0.15) is 10.4 Å². The molecule has 0 aliphatic carbocycles. The van der Waals surface area contributed by atoms with Gasteiger partial charge in [-0.15, -0.1) is 0 Å². The molecule has 2 aromatic carbocycles. The highest BCUT2D eigenvalue weighted by Crippen LogP contribution is 2.29. The van der Waals surface area contributed by atoms with Gasteiger partial charge in [-0.3, -0.25) is 0 Å². The van der Waals surface area contributed by atoms with Crippen LogP contribution in [0.2, 0.25) is 0 Å². The van der Waals surface area contributed by atoms with Crippen LogP contribution in [-0.4, -0.2) is 20.1 Å². The minimum atomic E-state index is -0.372. The summed E-state index contributed by atoms with van der Waals surface area (Å²) in [7, 11) is 3.27. The molecular weight excluding hydrogens is 240 g/mol. The van der Waals surface area contributed by atoms with E-state index in [2.05, 4.69) is 0 Å². The lowest BCUT2D eigenvalue weighted by molar-refractivity contribution is 0.0601. The van der Waals surface area contributed by atoms with Crippen LogP contribution in [0.25, 0.3) is 0 Å². The normalized spacial score (nSPS) is 10.0. The van der Waals surface area contributed by atoms with Crippen molar-refractivity contribution in [1.82, 2.24) is 0 Å². The van der Waals surface area contributed by atoms with Gasteiger partial charge in [-0.05, 0) is 30.3 Å². The van der Waals surface area contributed by atoms with Crippen LogP contribution in [-0.2, 0) is 4.74 Å². The average Bonchev–Trinajstić information content (AvgIpc) is 2.47. The largest absolute Gasteiger partial charge is 0.465 e. The topological polar surface area (TPSA) is 55.6 Å². The first-order valence-corrected chi connectivity index (χ1v) is 5.90. The van der Waals surface area contributed by atoms with Crippen LogP contribution in [0.15, 0.2) is 48.5 Å². The molecule has 0 amide bonds. The van der Waals surface area contributed by atoms with E-state index in [1.807, 2.05) is 42.3 Å². The molecule has 0 aliphatic heterocycles. The van der Waals surface area contributed by atoms with Gasteiger partial charge >= 0.3 is 5.97 Å². The van der Waals surface area contributed by atoms with Crippen molar-refractivity contribution in [3.63, 3.8) is 0 Å². The van der Waals surface area contributed by atoms with E-state index in [-0.39, 0.29) is 5.97 Å². The summed E-state index contributed by atoms with van der Waals surface area (Å²) in [5.74, 6) is -0.372. The first-order chi connectivity index (χ1) is 9.13. The van der Waals surface area contributed by atoms with Crippen molar-refractivity contribution < 1.29 is 9.53 Å². The molecule has 98 valence electrons. The first-order valence-electron chi connectivity index (χ1n) is 5.90. The molecule has 0 bridgehead atoms. The third-order valence-corrected chi connectivity index (χ3v) is 2.96. The Morgan fingerprint density at radius 2 is 1.84 bits per heavy atom. The molecule has 19 heavy (non-hydrogen) atoms. The number of hydrogen-bond acceptors (Lipinski definition) is 4. The Hall–Kier alpha value is -2.49. The maximum absolute atomic E-state index is 11.6. The Morgan fingerprint density at radius 3 is 2.47 bits per heavy atom. The van der Waals surface area contributed by atoms with E-state index >= 15 is 0 Å². The molecule has 0 heterocycles. The van der Waals surface area contributed by atoms with Crippen molar-refractivity contribution in [1.29, 1.82) is 0 Å². The summed E-state index contributed by atoms with van der Waals surface area (Å²) in [5.41, 5.74) is 8.84. The lowest BCUT2D eigenvalue weighted by Gasteiger charge is -2.21. The molecule has 0 aromatic heterocycles.